The quantitative estimate of drug-likeness (QED) is 0.787. The van der Waals surface area contributed by atoms with Crippen LogP contribution in [0.5, 0.6) is 0 Å². The molecule has 0 aromatic rings. The molecule has 3 N–H and O–H groups in total. The van der Waals surface area contributed by atoms with Gasteiger partial charge < -0.3 is 16.0 Å². The Hall–Kier alpha value is -0.810. The van der Waals surface area contributed by atoms with Gasteiger partial charge in [-0.3, -0.25) is 9.59 Å². The minimum Gasteiger partial charge on any atom is -0.350 e. The molecule has 1 fully saturated rings. The first-order valence-electron chi connectivity index (χ1n) is 6.29. The average molecular weight is 278 g/mol. The molecule has 1 saturated heterocycles. The molecule has 2 amide bonds. The zero-order valence-electron chi connectivity index (χ0n) is 11.3. The van der Waals surface area contributed by atoms with E-state index in [9.17, 15) is 9.59 Å². The van der Waals surface area contributed by atoms with Gasteiger partial charge in [0.15, 0.2) is 0 Å². The predicted octanol–water partition coefficient (Wildman–Crippen LogP) is 0.519. The maximum absolute atomic E-state index is 11.7. The van der Waals surface area contributed by atoms with Gasteiger partial charge in [-0.05, 0) is 12.3 Å². The maximum Gasteiger partial charge on any atom is 0.237 e. The molecule has 5 nitrogen and oxygen atoms in total. The number of rotatable bonds is 4. The number of amides is 2. The fourth-order valence-electron chi connectivity index (χ4n) is 1.93. The second-order valence-corrected chi connectivity index (χ2v) is 4.96. The van der Waals surface area contributed by atoms with Crippen molar-refractivity contribution in [1.82, 2.24) is 10.2 Å². The molecular weight excluding hydrogens is 254 g/mol. The molecule has 1 aliphatic heterocycles. The van der Waals surface area contributed by atoms with E-state index < -0.39 is 6.04 Å². The van der Waals surface area contributed by atoms with Crippen LogP contribution >= 0.6 is 12.4 Å². The summed E-state index contributed by atoms with van der Waals surface area (Å²) in [6, 6.07) is -0.409. The Balaban J connectivity index is 0.00000289. The van der Waals surface area contributed by atoms with Crippen molar-refractivity contribution in [3.63, 3.8) is 0 Å². The lowest BCUT2D eigenvalue weighted by molar-refractivity contribution is -0.130. The van der Waals surface area contributed by atoms with E-state index in [1.165, 1.54) is 0 Å². The van der Waals surface area contributed by atoms with Gasteiger partial charge in [-0.2, -0.15) is 0 Å². The van der Waals surface area contributed by atoms with Gasteiger partial charge >= 0.3 is 0 Å². The van der Waals surface area contributed by atoms with Gasteiger partial charge in [-0.15, -0.1) is 12.4 Å². The number of hydrogen-bond donors (Lipinski definition) is 2. The molecule has 2 atom stereocenters. The lowest BCUT2D eigenvalue weighted by Gasteiger charge is -2.20. The summed E-state index contributed by atoms with van der Waals surface area (Å²) < 4.78 is 0. The highest BCUT2D eigenvalue weighted by Gasteiger charge is 2.28. The fourth-order valence-corrected chi connectivity index (χ4v) is 1.93. The summed E-state index contributed by atoms with van der Waals surface area (Å²) in [4.78, 5) is 25.0. The Morgan fingerprint density at radius 3 is 2.56 bits per heavy atom. The van der Waals surface area contributed by atoms with Gasteiger partial charge in [-0.1, -0.05) is 20.8 Å². The summed E-state index contributed by atoms with van der Waals surface area (Å²) in [5, 5.41) is 2.91. The number of likely N-dealkylation sites (tertiary alicyclic amines) is 1. The van der Waals surface area contributed by atoms with Gasteiger partial charge in [0.2, 0.25) is 11.8 Å². The van der Waals surface area contributed by atoms with Crippen LogP contribution in [0.25, 0.3) is 0 Å². The fraction of sp³-hybridized carbons (Fsp3) is 0.833. The van der Waals surface area contributed by atoms with E-state index in [-0.39, 0.29) is 36.2 Å². The molecule has 0 saturated carbocycles. The summed E-state index contributed by atoms with van der Waals surface area (Å²) in [5.74, 6) is 0.162. The molecule has 0 aliphatic carbocycles. The van der Waals surface area contributed by atoms with Crippen LogP contribution in [0.4, 0.5) is 0 Å². The molecular formula is C12H24ClN3O2. The highest BCUT2D eigenvalue weighted by atomic mass is 35.5. The van der Waals surface area contributed by atoms with Crippen LogP contribution in [0.2, 0.25) is 0 Å². The van der Waals surface area contributed by atoms with Gasteiger partial charge in [0.1, 0.15) is 0 Å². The topological polar surface area (TPSA) is 75.4 Å². The highest BCUT2D eigenvalue weighted by molar-refractivity contribution is 5.85. The number of halogens is 1. The maximum atomic E-state index is 11.7. The van der Waals surface area contributed by atoms with Gasteiger partial charge in [0, 0.05) is 25.6 Å². The molecule has 6 heteroatoms. The van der Waals surface area contributed by atoms with Crippen LogP contribution in [0.1, 0.15) is 33.6 Å². The Morgan fingerprint density at radius 2 is 2.06 bits per heavy atom. The smallest absolute Gasteiger partial charge is 0.237 e. The van der Waals surface area contributed by atoms with Crippen LogP contribution in [0.15, 0.2) is 0 Å². The molecule has 1 aliphatic rings. The van der Waals surface area contributed by atoms with Gasteiger partial charge in [0.05, 0.1) is 6.04 Å². The largest absolute Gasteiger partial charge is 0.350 e. The van der Waals surface area contributed by atoms with E-state index in [1.807, 2.05) is 20.8 Å². The number of hydrogen-bond acceptors (Lipinski definition) is 3. The molecule has 0 radical (unpaired) electrons. The molecule has 1 heterocycles. The van der Waals surface area contributed by atoms with Crippen molar-refractivity contribution in [1.29, 1.82) is 0 Å². The number of nitrogens with one attached hydrogen (secondary N) is 1. The van der Waals surface area contributed by atoms with Crippen molar-refractivity contribution in [2.24, 2.45) is 11.7 Å². The molecule has 0 bridgehead atoms. The van der Waals surface area contributed by atoms with E-state index in [0.717, 1.165) is 13.0 Å². The molecule has 106 valence electrons. The van der Waals surface area contributed by atoms with E-state index in [0.29, 0.717) is 13.0 Å². The average Bonchev–Trinajstić information content (AvgIpc) is 2.75. The Kier molecular flexibility index (Phi) is 7.25. The minimum atomic E-state index is -0.467. The zero-order valence-corrected chi connectivity index (χ0v) is 12.1. The standard InChI is InChI=1S/C12H23N3O2.ClH/c1-4-10(16)15-6-5-9(7-15)14-12(17)11(13)8(2)3;/h8-9,11H,4-7,13H2,1-3H3,(H,14,17);1H/t9?,11-;/m0./s1. The van der Waals surface area contributed by atoms with Crippen molar-refractivity contribution in [3.05, 3.63) is 0 Å². The van der Waals surface area contributed by atoms with Crippen LogP contribution in [0, 0.1) is 5.92 Å². The Bertz CT molecular complexity index is 297. The number of carbonyl (C=O) groups is 2. The van der Waals surface area contributed by atoms with Crippen molar-refractivity contribution in [2.75, 3.05) is 13.1 Å². The van der Waals surface area contributed by atoms with Gasteiger partial charge in [0.25, 0.3) is 0 Å². The summed E-state index contributed by atoms with van der Waals surface area (Å²) in [7, 11) is 0. The third-order valence-electron chi connectivity index (χ3n) is 3.21. The monoisotopic (exact) mass is 277 g/mol. The summed E-state index contributed by atoms with van der Waals surface area (Å²) >= 11 is 0. The van der Waals surface area contributed by atoms with E-state index in [4.69, 9.17) is 5.73 Å². The SMILES string of the molecule is CCC(=O)N1CCC(NC(=O)[C@@H](N)C(C)C)C1.Cl. The zero-order chi connectivity index (χ0) is 13.0. The molecule has 0 aromatic carbocycles. The minimum absolute atomic E-state index is 0. The van der Waals surface area contributed by atoms with Crippen LogP contribution < -0.4 is 11.1 Å². The highest BCUT2D eigenvalue weighted by Crippen LogP contribution is 2.11. The first-order chi connectivity index (χ1) is 7.95. The van der Waals surface area contributed by atoms with E-state index in [2.05, 4.69) is 5.32 Å². The summed E-state index contributed by atoms with van der Waals surface area (Å²) in [5.41, 5.74) is 5.77. The first kappa shape index (κ1) is 17.2. The van der Waals surface area contributed by atoms with Gasteiger partial charge in [-0.25, -0.2) is 0 Å². The van der Waals surface area contributed by atoms with Crippen molar-refractivity contribution in [2.45, 2.75) is 45.7 Å². The van der Waals surface area contributed by atoms with Crippen molar-refractivity contribution in [3.8, 4) is 0 Å². The third-order valence-corrected chi connectivity index (χ3v) is 3.21. The second-order valence-electron chi connectivity index (χ2n) is 4.96. The Morgan fingerprint density at radius 1 is 1.44 bits per heavy atom. The lowest BCUT2D eigenvalue weighted by atomic mass is 10.0. The summed E-state index contributed by atoms with van der Waals surface area (Å²) in [6.45, 7) is 7.04. The van der Waals surface area contributed by atoms with E-state index >= 15 is 0 Å². The van der Waals surface area contributed by atoms with Crippen molar-refractivity contribution >= 4 is 24.2 Å². The summed E-state index contributed by atoms with van der Waals surface area (Å²) in [6.07, 6.45) is 1.34. The second kappa shape index (κ2) is 7.59. The van der Waals surface area contributed by atoms with Crippen LogP contribution in [-0.2, 0) is 9.59 Å². The molecule has 0 aromatic heterocycles. The molecule has 1 unspecified atom stereocenters. The number of nitrogens with two attached hydrogens (primary N) is 1. The van der Waals surface area contributed by atoms with E-state index in [1.54, 1.807) is 4.90 Å². The van der Waals surface area contributed by atoms with Crippen LogP contribution in [0.3, 0.4) is 0 Å². The van der Waals surface area contributed by atoms with Crippen LogP contribution in [-0.4, -0.2) is 41.9 Å². The number of carbonyl (C=O) groups excluding carboxylic acids is 2. The molecule has 0 spiro atoms. The Labute approximate surface area is 115 Å². The normalized spacial score (nSPS) is 20.5. The predicted molar refractivity (Wildman–Crippen MR) is 73.5 cm³/mol. The van der Waals surface area contributed by atoms with Crippen molar-refractivity contribution < 1.29 is 9.59 Å². The molecule has 18 heavy (non-hydrogen) atoms. The lowest BCUT2D eigenvalue weighted by Crippen LogP contribution is -2.48. The molecule has 1 rings (SSSR count). The third kappa shape index (κ3) is 4.46. The number of nitrogens with zero attached hydrogens (tertiary/aromatic N) is 1. The first-order valence-corrected chi connectivity index (χ1v) is 6.29.